The largest absolute Gasteiger partial charge is 0.469 e. The van der Waals surface area contributed by atoms with Crippen LogP contribution in [0.4, 0.5) is 0 Å². The molecule has 0 spiro atoms. The summed E-state index contributed by atoms with van der Waals surface area (Å²) in [6, 6.07) is 3.99. The van der Waals surface area contributed by atoms with Crippen molar-refractivity contribution in [3.63, 3.8) is 0 Å². The van der Waals surface area contributed by atoms with Crippen LogP contribution in [0, 0.1) is 13.8 Å². The van der Waals surface area contributed by atoms with Gasteiger partial charge in [-0.1, -0.05) is 0 Å². The molecule has 5 heteroatoms. The second-order valence-electron chi connectivity index (χ2n) is 4.04. The second-order valence-corrected chi connectivity index (χ2v) is 4.89. The molecule has 0 unspecified atom stereocenters. The first-order valence-electron chi connectivity index (χ1n) is 5.55. The SMILES string of the molecule is COC(=O)Cc1csc(-c2cc(C)nc(C)c2)n1. The first kappa shape index (κ1) is 12.7. The van der Waals surface area contributed by atoms with Gasteiger partial charge in [0.05, 0.1) is 19.2 Å². The number of methoxy groups -OCH3 is 1. The van der Waals surface area contributed by atoms with Crippen LogP contribution in [0.5, 0.6) is 0 Å². The Kier molecular flexibility index (Phi) is 3.72. The number of hydrogen-bond donors (Lipinski definition) is 0. The van der Waals surface area contributed by atoms with Gasteiger partial charge in [-0.05, 0) is 26.0 Å². The zero-order valence-electron chi connectivity index (χ0n) is 10.6. The number of aryl methyl sites for hydroxylation is 2. The number of thiazole rings is 1. The van der Waals surface area contributed by atoms with Crippen LogP contribution in [0.3, 0.4) is 0 Å². The monoisotopic (exact) mass is 262 g/mol. The number of ether oxygens (including phenoxy) is 1. The Balaban J connectivity index is 2.26. The van der Waals surface area contributed by atoms with Crippen molar-refractivity contribution < 1.29 is 9.53 Å². The Hall–Kier alpha value is -1.75. The van der Waals surface area contributed by atoms with Crippen molar-refractivity contribution in [2.45, 2.75) is 20.3 Å². The lowest BCUT2D eigenvalue weighted by atomic mass is 10.2. The number of aromatic nitrogens is 2. The van der Waals surface area contributed by atoms with Gasteiger partial charge >= 0.3 is 5.97 Å². The fourth-order valence-electron chi connectivity index (χ4n) is 1.70. The number of pyridine rings is 1. The molecule has 2 aromatic heterocycles. The van der Waals surface area contributed by atoms with Gasteiger partial charge in [-0.3, -0.25) is 9.78 Å². The van der Waals surface area contributed by atoms with E-state index >= 15 is 0 Å². The Morgan fingerprint density at radius 1 is 1.28 bits per heavy atom. The molecule has 0 aliphatic heterocycles. The molecule has 0 saturated carbocycles. The topological polar surface area (TPSA) is 52.1 Å². The van der Waals surface area contributed by atoms with Gasteiger partial charge in [0.15, 0.2) is 0 Å². The number of nitrogens with zero attached hydrogens (tertiary/aromatic N) is 2. The van der Waals surface area contributed by atoms with Gasteiger partial charge in [-0.15, -0.1) is 11.3 Å². The molecular formula is C13H14N2O2S. The summed E-state index contributed by atoms with van der Waals surface area (Å²) in [7, 11) is 1.38. The average molecular weight is 262 g/mol. The average Bonchev–Trinajstić information content (AvgIpc) is 2.76. The molecule has 0 amide bonds. The first-order chi connectivity index (χ1) is 8.58. The second kappa shape index (κ2) is 5.27. The van der Waals surface area contributed by atoms with E-state index in [4.69, 9.17) is 0 Å². The van der Waals surface area contributed by atoms with Crippen molar-refractivity contribution in [3.05, 3.63) is 34.6 Å². The van der Waals surface area contributed by atoms with Crippen LogP contribution in [0.25, 0.3) is 10.6 Å². The molecule has 4 nitrogen and oxygen atoms in total. The summed E-state index contributed by atoms with van der Waals surface area (Å²) < 4.78 is 4.62. The summed E-state index contributed by atoms with van der Waals surface area (Å²) in [4.78, 5) is 19.9. The molecule has 0 fully saturated rings. The predicted molar refractivity (Wildman–Crippen MR) is 70.5 cm³/mol. The third-order valence-corrected chi connectivity index (χ3v) is 3.37. The lowest BCUT2D eigenvalue weighted by Crippen LogP contribution is -2.04. The molecule has 0 N–H and O–H groups in total. The number of carbonyl (C=O) groups is 1. The van der Waals surface area contributed by atoms with Crippen LogP contribution in [0.2, 0.25) is 0 Å². The van der Waals surface area contributed by atoms with E-state index in [2.05, 4.69) is 14.7 Å². The maximum atomic E-state index is 11.2. The number of carbonyl (C=O) groups excluding carboxylic acids is 1. The number of rotatable bonds is 3. The summed E-state index contributed by atoms with van der Waals surface area (Å²) in [5, 5.41) is 2.79. The normalized spacial score (nSPS) is 10.4. The van der Waals surface area contributed by atoms with Gasteiger partial charge in [-0.2, -0.15) is 0 Å². The van der Waals surface area contributed by atoms with E-state index in [1.54, 1.807) is 0 Å². The van der Waals surface area contributed by atoms with E-state index in [-0.39, 0.29) is 12.4 Å². The fourth-order valence-corrected chi connectivity index (χ4v) is 2.51. The summed E-state index contributed by atoms with van der Waals surface area (Å²) >= 11 is 1.53. The molecule has 2 aromatic rings. The Morgan fingerprint density at radius 3 is 2.56 bits per heavy atom. The molecule has 0 aromatic carbocycles. The highest BCUT2D eigenvalue weighted by atomic mass is 32.1. The summed E-state index contributed by atoms with van der Waals surface area (Å²) in [5.41, 5.74) is 3.72. The van der Waals surface area contributed by atoms with Gasteiger partial charge in [0.1, 0.15) is 5.01 Å². The van der Waals surface area contributed by atoms with Crippen molar-refractivity contribution >= 4 is 17.3 Å². The highest BCUT2D eigenvalue weighted by molar-refractivity contribution is 7.13. The van der Waals surface area contributed by atoms with Crippen molar-refractivity contribution in [3.8, 4) is 10.6 Å². The van der Waals surface area contributed by atoms with Crippen LogP contribution < -0.4 is 0 Å². The quantitative estimate of drug-likeness (QED) is 0.798. The van der Waals surface area contributed by atoms with E-state index in [1.165, 1.54) is 18.4 Å². The fraction of sp³-hybridized carbons (Fsp3) is 0.308. The third kappa shape index (κ3) is 2.92. The van der Waals surface area contributed by atoms with Gasteiger partial charge in [0, 0.05) is 22.3 Å². The van der Waals surface area contributed by atoms with E-state index in [9.17, 15) is 4.79 Å². The molecule has 2 heterocycles. The van der Waals surface area contributed by atoms with Crippen LogP contribution in [0.15, 0.2) is 17.5 Å². The molecular weight excluding hydrogens is 248 g/mol. The number of esters is 1. The number of hydrogen-bond acceptors (Lipinski definition) is 5. The minimum atomic E-state index is -0.270. The molecule has 0 radical (unpaired) electrons. The van der Waals surface area contributed by atoms with Crippen molar-refractivity contribution in [2.75, 3.05) is 7.11 Å². The summed E-state index contributed by atoms with van der Waals surface area (Å²) in [6.07, 6.45) is 0.218. The molecule has 0 saturated heterocycles. The maximum Gasteiger partial charge on any atom is 0.311 e. The summed E-state index contributed by atoms with van der Waals surface area (Å²) in [6.45, 7) is 3.92. The van der Waals surface area contributed by atoms with E-state index in [0.29, 0.717) is 0 Å². The van der Waals surface area contributed by atoms with Gasteiger partial charge in [0.2, 0.25) is 0 Å². The summed E-state index contributed by atoms with van der Waals surface area (Å²) in [5.74, 6) is -0.270. The molecule has 0 atom stereocenters. The smallest absolute Gasteiger partial charge is 0.311 e. The van der Waals surface area contributed by atoms with Gasteiger partial charge < -0.3 is 4.74 Å². The predicted octanol–water partition coefficient (Wildman–Crippen LogP) is 2.54. The van der Waals surface area contributed by atoms with Crippen LogP contribution in [-0.2, 0) is 16.0 Å². The highest BCUT2D eigenvalue weighted by Crippen LogP contribution is 2.25. The first-order valence-corrected chi connectivity index (χ1v) is 6.43. The molecule has 18 heavy (non-hydrogen) atoms. The van der Waals surface area contributed by atoms with Crippen LogP contribution >= 0.6 is 11.3 Å². The molecule has 94 valence electrons. The lowest BCUT2D eigenvalue weighted by molar-refractivity contribution is -0.139. The van der Waals surface area contributed by atoms with E-state index in [1.807, 2.05) is 31.4 Å². The lowest BCUT2D eigenvalue weighted by Gasteiger charge is -2.00. The van der Waals surface area contributed by atoms with Crippen LogP contribution in [0.1, 0.15) is 17.1 Å². The van der Waals surface area contributed by atoms with Crippen molar-refractivity contribution in [1.29, 1.82) is 0 Å². The minimum Gasteiger partial charge on any atom is -0.469 e. The van der Waals surface area contributed by atoms with E-state index < -0.39 is 0 Å². The zero-order valence-corrected chi connectivity index (χ0v) is 11.4. The molecule has 0 bridgehead atoms. The molecule has 2 rings (SSSR count). The van der Waals surface area contributed by atoms with Crippen molar-refractivity contribution in [2.24, 2.45) is 0 Å². The third-order valence-electron chi connectivity index (χ3n) is 2.43. The Morgan fingerprint density at radius 2 is 1.94 bits per heavy atom. The maximum absolute atomic E-state index is 11.2. The standard InChI is InChI=1S/C13H14N2O2S/c1-8-4-10(5-9(2)14-8)13-15-11(7-18-13)6-12(16)17-3/h4-5,7H,6H2,1-3H3. The highest BCUT2D eigenvalue weighted by Gasteiger charge is 2.09. The van der Waals surface area contributed by atoms with Gasteiger partial charge in [0.25, 0.3) is 0 Å². The van der Waals surface area contributed by atoms with Crippen LogP contribution in [-0.4, -0.2) is 23.0 Å². The zero-order chi connectivity index (χ0) is 13.1. The molecule has 0 aliphatic rings. The van der Waals surface area contributed by atoms with Gasteiger partial charge in [-0.25, -0.2) is 4.98 Å². The Labute approximate surface area is 110 Å². The minimum absolute atomic E-state index is 0.218. The van der Waals surface area contributed by atoms with Crippen molar-refractivity contribution in [1.82, 2.24) is 9.97 Å². The molecule has 0 aliphatic carbocycles. The van der Waals surface area contributed by atoms with E-state index in [0.717, 1.165) is 27.7 Å². The Bertz CT molecular complexity index is 558.